The lowest BCUT2D eigenvalue weighted by Crippen LogP contribution is -2.28. The molecule has 0 fully saturated rings. The summed E-state index contributed by atoms with van der Waals surface area (Å²) in [4.78, 5) is 29.0. The summed E-state index contributed by atoms with van der Waals surface area (Å²) in [6.07, 6.45) is 1.73. The standard InChI is InChI=1S/C19H12FN3O2S/c20-14-9-5-4-8-13(14)11-16-18(25)23-19(26-16)21-17(24)15(22-23)10-12-6-2-1-3-7-12/h1-9,11H,10H2/b16-11-. The van der Waals surface area contributed by atoms with Gasteiger partial charge in [-0.25, -0.2) is 4.39 Å². The number of halogens is 1. The second-order valence-electron chi connectivity index (χ2n) is 5.66. The van der Waals surface area contributed by atoms with Crippen LogP contribution in [-0.2, 0) is 6.42 Å². The molecule has 0 aliphatic rings. The van der Waals surface area contributed by atoms with Crippen molar-refractivity contribution in [3.63, 3.8) is 0 Å². The monoisotopic (exact) mass is 365 g/mol. The molecule has 0 saturated heterocycles. The molecular formula is C19H12FN3O2S. The third-order valence-corrected chi connectivity index (χ3v) is 4.82. The van der Waals surface area contributed by atoms with Crippen molar-refractivity contribution < 1.29 is 4.39 Å². The first-order valence-corrected chi connectivity index (χ1v) is 8.66. The van der Waals surface area contributed by atoms with Gasteiger partial charge in [0.25, 0.3) is 11.1 Å². The van der Waals surface area contributed by atoms with Gasteiger partial charge in [0, 0.05) is 12.0 Å². The molecule has 0 amide bonds. The predicted octanol–water partition coefficient (Wildman–Crippen LogP) is 1.79. The van der Waals surface area contributed by atoms with E-state index in [1.165, 1.54) is 12.1 Å². The smallest absolute Gasteiger partial charge is 0.266 e. The molecule has 0 bridgehead atoms. The topological polar surface area (TPSA) is 64.3 Å². The maximum Gasteiger partial charge on any atom is 0.296 e. The molecule has 128 valence electrons. The van der Waals surface area contributed by atoms with Crippen LogP contribution in [-0.4, -0.2) is 14.6 Å². The van der Waals surface area contributed by atoms with E-state index >= 15 is 0 Å². The number of nitrogens with zero attached hydrogens (tertiary/aromatic N) is 3. The number of aromatic nitrogens is 3. The van der Waals surface area contributed by atoms with Crippen molar-refractivity contribution in [3.05, 3.63) is 102 Å². The summed E-state index contributed by atoms with van der Waals surface area (Å²) < 4.78 is 15.2. The fraction of sp³-hybridized carbons (Fsp3) is 0.0526. The molecule has 0 N–H and O–H groups in total. The fourth-order valence-corrected chi connectivity index (χ4v) is 3.47. The number of thiazole rings is 1. The normalized spacial score (nSPS) is 12.0. The maximum absolute atomic E-state index is 13.8. The molecule has 2 heterocycles. The van der Waals surface area contributed by atoms with Gasteiger partial charge in [0.05, 0.1) is 4.53 Å². The summed E-state index contributed by atoms with van der Waals surface area (Å²) in [5.74, 6) is -0.426. The molecular weight excluding hydrogens is 353 g/mol. The van der Waals surface area contributed by atoms with E-state index in [4.69, 9.17) is 0 Å². The molecule has 0 unspecified atom stereocenters. The first kappa shape index (κ1) is 16.3. The fourth-order valence-electron chi connectivity index (χ4n) is 2.57. The number of fused-ring (bicyclic) bond motifs is 1. The van der Waals surface area contributed by atoms with Crippen molar-refractivity contribution in [1.82, 2.24) is 14.6 Å². The van der Waals surface area contributed by atoms with Gasteiger partial charge in [0.2, 0.25) is 4.96 Å². The van der Waals surface area contributed by atoms with Crippen LogP contribution in [0.2, 0.25) is 0 Å². The number of benzene rings is 2. The molecule has 0 radical (unpaired) electrons. The minimum atomic E-state index is -0.465. The van der Waals surface area contributed by atoms with E-state index in [1.807, 2.05) is 30.3 Å². The van der Waals surface area contributed by atoms with E-state index in [-0.39, 0.29) is 21.6 Å². The van der Waals surface area contributed by atoms with Crippen LogP contribution in [0.15, 0.2) is 64.2 Å². The van der Waals surface area contributed by atoms with Gasteiger partial charge in [-0.3, -0.25) is 9.59 Å². The van der Waals surface area contributed by atoms with E-state index in [0.29, 0.717) is 5.56 Å². The third kappa shape index (κ3) is 3.04. The van der Waals surface area contributed by atoms with Crippen molar-refractivity contribution in [2.24, 2.45) is 0 Å². The van der Waals surface area contributed by atoms with E-state index < -0.39 is 16.9 Å². The molecule has 0 atom stereocenters. The highest BCUT2D eigenvalue weighted by Gasteiger charge is 2.12. The zero-order valence-corrected chi connectivity index (χ0v) is 14.2. The Balaban J connectivity index is 1.85. The van der Waals surface area contributed by atoms with E-state index in [2.05, 4.69) is 10.1 Å². The zero-order valence-electron chi connectivity index (χ0n) is 13.4. The van der Waals surface area contributed by atoms with Gasteiger partial charge in [0.1, 0.15) is 11.5 Å². The molecule has 4 rings (SSSR count). The van der Waals surface area contributed by atoms with Crippen molar-refractivity contribution in [2.75, 3.05) is 0 Å². The van der Waals surface area contributed by atoms with Crippen LogP contribution in [0.25, 0.3) is 11.0 Å². The molecule has 0 spiro atoms. The summed E-state index contributed by atoms with van der Waals surface area (Å²) in [7, 11) is 0. The molecule has 4 aromatic rings. The Kier molecular flexibility index (Phi) is 4.14. The van der Waals surface area contributed by atoms with Crippen LogP contribution >= 0.6 is 11.3 Å². The third-order valence-electron chi connectivity index (χ3n) is 3.86. The Labute approximate surface area is 150 Å². The summed E-state index contributed by atoms with van der Waals surface area (Å²) in [6.45, 7) is 0. The van der Waals surface area contributed by atoms with Crippen LogP contribution in [0, 0.1) is 5.82 Å². The molecule has 2 aromatic heterocycles. The average molecular weight is 365 g/mol. The minimum Gasteiger partial charge on any atom is -0.266 e. The quantitative estimate of drug-likeness (QED) is 0.555. The minimum absolute atomic E-state index is 0.194. The highest BCUT2D eigenvalue weighted by molar-refractivity contribution is 7.15. The summed E-state index contributed by atoms with van der Waals surface area (Å²) in [5.41, 5.74) is 0.506. The SMILES string of the molecule is O=c1nc2s/c(=C\c3ccccc3F)c(=O)n2nc1Cc1ccccc1. The lowest BCUT2D eigenvalue weighted by atomic mass is 10.1. The van der Waals surface area contributed by atoms with Crippen molar-refractivity contribution >= 4 is 22.4 Å². The van der Waals surface area contributed by atoms with E-state index in [9.17, 15) is 14.0 Å². The van der Waals surface area contributed by atoms with Crippen molar-refractivity contribution in [1.29, 1.82) is 0 Å². The van der Waals surface area contributed by atoms with Crippen LogP contribution in [0.5, 0.6) is 0 Å². The van der Waals surface area contributed by atoms with Crippen LogP contribution in [0.3, 0.4) is 0 Å². The highest BCUT2D eigenvalue weighted by Crippen LogP contribution is 2.08. The largest absolute Gasteiger partial charge is 0.296 e. The summed E-state index contributed by atoms with van der Waals surface area (Å²) in [6, 6.07) is 15.5. The molecule has 5 nitrogen and oxygen atoms in total. The lowest BCUT2D eigenvalue weighted by molar-refractivity contribution is 0.625. The highest BCUT2D eigenvalue weighted by atomic mass is 32.1. The Bertz CT molecular complexity index is 1270. The van der Waals surface area contributed by atoms with Crippen LogP contribution in [0.1, 0.15) is 16.8 Å². The molecule has 0 saturated carbocycles. The first-order chi connectivity index (χ1) is 12.6. The van der Waals surface area contributed by atoms with Gasteiger partial charge in [-0.1, -0.05) is 59.9 Å². The second-order valence-corrected chi connectivity index (χ2v) is 6.67. The Morgan fingerprint density at radius 1 is 1.04 bits per heavy atom. The van der Waals surface area contributed by atoms with Gasteiger partial charge in [-0.15, -0.1) is 0 Å². The molecule has 2 aromatic carbocycles. The predicted molar refractivity (Wildman–Crippen MR) is 97.8 cm³/mol. The molecule has 0 aliphatic heterocycles. The van der Waals surface area contributed by atoms with Crippen LogP contribution in [0.4, 0.5) is 4.39 Å². The Hall–Kier alpha value is -3.19. The molecule has 26 heavy (non-hydrogen) atoms. The van der Waals surface area contributed by atoms with Gasteiger partial charge >= 0.3 is 0 Å². The summed E-state index contributed by atoms with van der Waals surface area (Å²) in [5, 5.41) is 4.18. The van der Waals surface area contributed by atoms with E-state index in [1.54, 1.807) is 18.2 Å². The lowest BCUT2D eigenvalue weighted by Gasteiger charge is -1.99. The Morgan fingerprint density at radius 3 is 2.54 bits per heavy atom. The number of rotatable bonds is 3. The first-order valence-electron chi connectivity index (χ1n) is 7.85. The van der Waals surface area contributed by atoms with Crippen molar-refractivity contribution in [2.45, 2.75) is 6.42 Å². The van der Waals surface area contributed by atoms with Gasteiger partial charge in [-0.05, 0) is 17.7 Å². The zero-order chi connectivity index (χ0) is 18.1. The Morgan fingerprint density at radius 2 is 1.77 bits per heavy atom. The van der Waals surface area contributed by atoms with Crippen LogP contribution < -0.4 is 15.7 Å². The van der Waals surface area contributed by atoms with Gasteiger partial charge in [-0.2, -0.15) is 14.6 Å². The molecule has 0 aliphatic carbocycles. The second kappa shape index (κ2) is 6.61. The van der Waals surface area contributed by atoms with Gasteiger partial charge in [0.15, 0.2) is 0 Å². The number of hydrogen-bond donors (Lipinski definition) is 0. The summed E-state index contributed by atoms with van der Waals surface area (Å²) >= 11 is 1.01. The van der Waals surface area contributed by atoms with Gasteiger partial charge < -0.3 is 0 Å². The average Bonchev–Trinajstić information content (AvgIpc) is 2.93. The number of hydrogen-bond acceptors (Lipinski definition) is 5. The van der Waals surface area contributed by atoms with E-state index in [0.717, 1.165) is 21.4 Å². The maximum atomic E-state index is 13.8. The molecule has 7 heteroatoms. The van der Waals surface area contributed by atoms with Crippen molar-refractivity contribution in [3.8, 4) is 0 Å².